The van der Waals surface area contributed by atoms with Crippen LogP contribution in [0.5, 0.6) is 0 Å². The van der Waals surface area contributed by atoms with Crippen molar-refractivity contribution < 1.29 is 13.7 Å². The maximum absolute atomic E-state index is 12.6. The van der Waals surface area contributed by atoms with Gasteiger partial charge in [0.25, 0.3) is 5.91 Å². The van der Waals surface area contributed by atoms with Gasteiger partial charge in [0.2, 0.25) is 0 Å². The Morgan fingerprint density at radius 1 is 1.07 bits per heavy atom. The number of hydrazone groups is 1. The van der Waals surface area contributed by atoms with Gasteiger partial charge in [0.1, 0.15) is 28.5 Å². The Kier molecular flexibility index (Phi) is 5.27. The van der Waals surface area contributed by atoms with Crippen molar-refractivity contribution in [3.05, 3.63) is 88.8 Å². The van der Waals surface area contributed by atoms with Crippen LogP contribution in [0.3, 0.4) is 0 Å². The predicted molar refractivity (Wildman–Crippen MR) is 111 cm³/mol. The van der Waals surface area contributed by atoms with Crippen LogP contribution in [0.2, 0.25) is 5.02 Å². The summed E-state index contributed by atoms with van der Waals surface area (Å²) in [6.45, 7) is 1.68. The summed E-state index contributed by atoms with van der Waals surface area (Å²) in [7, 11) is 0. The Balaban J connectivity index is 1.48. The minimum atomic E-state index is -0.416. The van der Waals surface area contributed by atoms with Crippen molar-refractivity contribution in [3.8, 4) is 22.6 Å². The van der Waals surface area contributed by atoms with E-state index >= 15 is 0 Å². The van der Waals surface area contributed by atoms with Gasteiger partial charge in [-0.05, 0) is 31.2 Å². The molecule has 0 spiro atoms. The minimum Gasteiger partial charge on any atom is -0.455 e. The van der Waals surface area contributed by atoms with Crippen molar-refractivity contribution in [2.45, 2.75) is 6.92 Å². The second kappa shape index (κ2) is 8.16. The van der Waals surface area contributed by atoms with Gasteiger partial charge >= 0.3 is 0 Å². The lowest BCUT2D eigenvalue weighted by Gasteiger charge is -2.01. The van der Waals surface area contributed by atoms with Gasteiger partial charge in [0.05, 0.1) is 6.21 Å². The monoisotopic (exact) mass is 405 g/mol. The Bertz CT molecular complexity index is 1180. The SMILES string of the molecule is Cc1onc(-c2ccccc2)c1C(=O)NN=Cc1ccc(-c2cccc(Cl)c2)o1. The molecule has 0 radical (unpaired) electrons. The largest absolute Gasteiger partial charge is 0.455 e. The second-order valence-electron chi connectivity index (χ2n) is 6.24. The highest BCUT2D eigenvalue weighted by Crippen LogP contribution is 2.25. The van der Waals surface area contributed by atoms with Gasteiger partial charge in [-0.1, -0.05) is 59.2 Å². The van der Waals surface area contributed by atoms with Gasteiger partial charge in [0.15, 0.2) is 0 Å². The number of benzene rings is 2. The molecule has 1 N–H and O–H groups in total. The van der Waals surface area contributed by atoms with E-state index in [-0.39, 0.29) is 0 Å². The lowest BCUT2D eigenvalue weighted by Crippen LogP contribution is -2.18. The van der Waals surface area contributed by atoms with Crippen LogP contribution in [0.25, 0.3) is 22.6 Å². The van der Waals surface area contributed by atoms with Gasteiger partial charge in [-0.25, -0.2) is 5.43 Å². The number of hydrogen-bond acceptors (Lipinski definition) is 5. The molecule has 1 amide bonds. The van der Waals surface area contributed by atoms with E-state index in [2.05, 4.69) is 15.7 Å². The lowest BCUT2D eigenvalue weighted by atomic mass is 10.1. The molecule has 4 rings (SSSR count). The van der Waals surface area contributed by atoms with E-state index in [9.17, 15) is 4.79 Å². The standard InChI is InChI=1S/C22H16ClN3O3/c1-14-20(21(26-29-14)15-6-3-2-4-7-15)22(27)25-24-13-18-10-11-19(28-18)16-8-5-9-17(23)12-16/h2-13H,1H3,(H,25,27). The Morgan fingerprint density at radius 3 is 2.66 bits per heavy atom. The lowest BCUT2D eigenvalue weighted by molar-refractivity contribution is 0.0954. The van der Waals surface area contributed by atoms with E-state index in [0.29, 0.717) is 33.6 Å². The van der Waals surface area contributed by atoms with E-state index < -0.39 is 5.91 Å². The van der Waals surface area contributed by atoms with Gasteiger partial charge < -0.3 is 8.94 Å². The van der Waals surface area contributed by atoms with Gasteiger partial charge in [-0.3, -0.25) is 4.79 Å². The number of rotatable bonds is 5. The number of furan rings is 1. The molecular weight excluding hydrogens is 390 g/mol. The highest BCUT2D eigenvalue weighted by Gasteiger charge is 2.21. The van der Waals surface area contributed by atoms with Crippen molar-refractivity contribution >= 4 is 23.7 Å². The number of carbonyl (C=O) groups excluding carboxylic acids is 1. The minimum absolute atomic E-state index is 0.340. The highest BCUT2D eigenvalue weighted by molar-refractivity contribution is 6.30. The van der Waals surface area contributed by atoms with E-state index in [1.54, 1.807) is 19.1 Å². The van der Waals surface area contributed by atoms with Crippen molar-refractivity contribution in [3.63, 3.8) is 0 Å². The first-order chi connectivity index (χ1) is 14.1. The molecule has 0 unspecified atom stereocenters. The first-order valence-corrected chi connectivity index (χ1v) is 9.20. The first-order valence-electron chi connectivity index (χ1n) is 8.82. The normalized spacial score (nSPS) is 11.1. The summed E-state index contributed by atoms with van der Waals surface area (Å²) in [5.41, 5.74) is 4.94. The van der Waals surface area contributed by atoms with E-state index in [1.807, 2.05) is 54.6 Å². The van der Waals surface area contributed by atoms with Crippen molar-refractivity contribution in [2.24, 2.45) is 5.10 Å². The Labute approximate surface area is 171 Å². The third-order valence-corrected chi connectivity index (χ3v) is 4.47. The number of hydrogen-bond donors (Lipinski definition) is 1. The maximum atomic E-state index is 12.6. The maximum Gasteiger partial charge on any atom is 0.277 e. The molecule has 0 aliphatic rings. The quantitative estimate of drug-likeness (QED) is 0.359. The van der Waals surface area contributed by atoms with Crippen molar-refractivity contribution in [2.75, 3.05) is 0 Å². The topological polar surface area (TPSA) is 80.6 Å². The van der Waals surface area contributed by atoms with Crippen LogP contribution in [0, 0.1) is 6.92 Å². The summed E-state index contributed by atoms with van der Waals surface area (Å²) >= 11 is 6.01. The van der Waals surface area contributed by atoms with Crippen molar-refractivity contribution in [1.29, 1.82) is 0 Å². The fraction of sp³-hybridized carbons (Fsp3) is 0.0455. The van der Waals surface area contributed by atoms with Gasteiger partial charge in [0, 0.05) is 16.1 Å². The number of amides is 1. The van der Waals surface area contributed by atoms with Crippen LogP contribution >= 0.6 is 11.6 Å². The fourth-order valence-electron chi connectivity index (χ4n) is 2.86. The molecule has 7 heteroatoms. The van der Waals surface area contributed by atoms with E-state index in [0.717, 1.165) is 11.1 Å². The molecule has 0 atom stereocenters. The molecule has 144 valence electrons. The molecule has 0 aliphatic heterocycles. The third-order valence-electron chi connectivity index (χ3n) is 4.23. The van der Waals surface area contributed by atoms with E-state index in [4.69, 9.17) is 20.5 Å². The zero-order valence-corrected chi connectivity index (χ0v) is 16.2. The molecule has 29 heavy (non-hydrogen) atoms. The van der Waals surface area contributed by atoms with Crippen molar-refractivity contribution in [1.82, 2.24) is 10.6 Å². The van der Waals surface area contributed by atoms with Gasteiger partial charge in [-0.15, -0.1) is 0 Å². The highest BCUT2D eigenvalue weighted by atomic mass is 35.5. The molecule has 0 saturated heterocycles. The van der Waals surface area contributed by atoms with E-state index in [1.165, 1.54) is 6.21 Å². The molecule has 0 saturated carbocycles. The number of nitrogens with one attached hydrogen (secondary N) is 1. The van der Waals surface area contributed by atoms with Gasteiger partial charge in [-0.2, -0.15) is 5.10 Å². The molecule has 2 aromatic carbocycles. The summed E-state index contributed by atoms with van der Waals surface area (Å²) < 4.78 is 10.9. The Morgan fingerprint density at radius 2 is 1.86 bits per heavy atom. The molecule has 4 aromatic rings. The third kappa shape index (κ3) is 4.12. The molecule has 0 fully saturated rings. The zero-order valence-electron chi connectivity index (χ0n) is 15.4. The average Bonchev–Trinajstić information content (AvgIpc) is 3.35. The van der Waals surface area contributed by atoms with Crippen LogP contribution in [-0.2, 0) is 0 Å². The second-order valence-corrected chi connectivity index (χ2v) is 6.68. The molecule has 0 aliphatic carbocycles. The number of nitrogens with zero attached hydrogens (tertiary/aromatic N) is 2. The van der Waals surface area contributed by atoms with Crippen LogP contribution in [0.15, 0.2) is 80.8 Å². The summed E-state index contributed by atoms with van der Waals surface area (Å²) in [6, 6.07) is 20.3. The number of halogens is 1. The first kappa shape index (κ1) is 18.7. The molecule has 2 heterocycles. The van der Waals surface area contributed by atoms with Crippen LogP contribution in [-0.4, -0.2) is 17.3 Å². The number of aryl methyl sites for hydroxylation is 1. The summed E-state index contributed by atoms with van der Waals surface area (Å²) in [6.07, 6.45) is 1.43. The number of aromatic nitrogens is 1. The Hall–Kier alpha value is -3.64. The summed E-state index contributed by atoms with van der Waals surface area (Å²) in [4.78, 5) is 12.6. The molecule has 2 aromatic heterocycles. The number of carbonyl (C=O) groups is 1. The van der Waals surface area contributed by atoms with Crippen LogP contribution in [0.4, 0.5) is 0 Å². The summed E-state index contributed by atoms with van der Waals surface area (Å²) in [5, 5.41) is 8.61. The molecular formula is C22H16ClN3O3. The predicted octanol–water partition coefficient (Wildman–Crippen LogP) is 5.33. The van der Waals surface area contributed by atoms with Crippen LogP contribution in [0.1, 0.15) is 21.9 Å². The van der Waals surface area contributed by atoms with Crippen LogP contribution < -0.4 is 5.43 Å². The zero-order chi connectivity index (χ0) is 20.2. The molecule has 0 bridgehead atoms. The average molecular weight is 406 g/mol. The summed E-state index contributed by atoms with van der Waals surface area (Å²) in [5.74, 6) is 1.14. The fourth-order valence-corrected chi connectivity index (χ4v) is 3.05. The molecule has 6 nitrogen and oxygen atoms in total. The smallest absolute Gasteiger partial charge is 0.277 e.